The molecular formula is C25H32FN5O3. The van der Waals surface area contributed by atoms with E-state index in [9.17, 15) is 14.0 Å². The number of imidazole rings is 1. The van der Waals surface area contributed by atoms with Crippen molar-refractivity contribution in [1.29, 1.82) is 0 Å². The second-order valence-electron chi connectivity index (χ2n) is 7.79. The van der Waals surface area contributed by atoms with E-state index in [2.05, 4.69) is 15.3 Å². The number of piperidine rings is 1. The number of hydrogen-bond acceptors (Lipinski definition) is 5. The largest absolute Gasteiger partial charge is 0.385 e. The normalized spacial score (nSPS) is 13.4. The number of rotatable bonds is 7. The number of fused-ring (bicyclic) bond motifs is 1. The molecule has 0 spiro atoms. The Labute approximate surface area is 199 Å². The molecule has 9 heteroatoms. The molecule has 1 saturated heterocycles. The van der Waals surface area contributed by atoms with Gasteiger partial charge in [-0.05, 0) is 56.0 Å². The number of benzene rings is 1. The minimum absolute atomic E-state index is 0.0958. The van der Waals surface area contributed by atoms with E-state index in [4.69, 9.17) is 4.74 Å². The third-order valence-electron chi connectivity index (χ3n) is 5.50. The van der Waals surface area contributed by atoms with Crippen LogP contribution in [0.1, 0.15) is 60.4 Å². The van der Waals surface area contributed by atoms with E-state index in [0.717, 1.165) is 32.4 Å². The first kappa shape index (κ1) is 25.3. The predicted molar refractivity (Wildman–Crippen MR) is 129 cm³/mol. The number of carbonyl (C=O) groups is 2. The number of anilines is 1. The van der Waals surface area contributed by atoms with Gasteiger partial charge < -0.3 is 9.64 Å². The number of aryl methyl sites for hydroxylation is 1. The topological polar surface area (TPSA) is 89.3 Å². The number of likely N-dealkylation sites (tertiary alicyclic amines) is 1. The Hall–Kier alpha value is -3.33. The molecule has 2 amide bonds. The lowest BCUT2D eigenvalue weighted by atomic mass is 10.1. The Bertz CT molecular complexity index is 1120. The van der Waals surface area contributed by atoms with Crippen LogP contribution in [0.3, 0.4) is 0 Å². The number of hydrogen-bond donors (Lipinski definition) is 1. The molecule has 3 aromatic rings. The molecule has 1 aromatic carbocycles. The molecule has 1 fully saturated rings. The third-order valence-corrected chi connectivity index (χ3v) is 5.50. The number of pyridine rings is 1. The highest BCUT2D eigenvalue weighted by molar-refractivity contribution is 6.04. The van der Waals surface area contributed by atoms with Gasteiger partial charge in [-0.15, -0.1) is 0 Å². The molecule has 1 aliphatic heterocycles. The number of nitrogens with zero attached hydrogens (tertiary/aromatic N) is 4. The van der Waals surface area contributed by atoms with E-state index in [-0.39, 0.29) is 11.5 Å². The van der Waals surface area contributed by atoms with Gasteiger partial charge in [0.25, 0.3) is 11.8 Å². The van der Waals surface area contributed by atoms with Crippen molar-refractivity contribution in [3.05, 3.63) is 53.5 Å². The van der Waals surface area contributed by atoms with E-state index in [1.165, 1.54) is 24.3 Å². The van der Waals surface area contributed by atoms with Crippen molar-refractivity contribution in [2.24, 2.45) is 0 Å². The van der Waals surface area contributed by atoms with Crippen LogP contribution in [-0.2, 0) is 11.3 Å². The molecular weight excluding hydrogens is 437 g/mol. The molecule has 0 atom stereocenters. The van der Waals surface area contributed by atoms with E-state index in [1.807, 2.05) is 18.7 Å². The SMILES string of the molecule is CC.COCCCn1c(NC(=O)c2cccc(F)c2)nc2ccc(C(=O)N3CCCCC3)nc21. The standard InChI is InChI=1S/C23H26FN5O3.C2H6/c1-32-14-6-13-29-20-18(9-10-19(25-20)22(31)28-11-3-2-4-12-28)26-23(29)27-21(30)16-7-5-8-17(24)15-16;1-2/h5,7-10,15H,2-4,6,11-14H2,1H3,(H,26,27,30);1-2H3. The average Bonchev–Trinajstić information content (AvgIpc) is 3.21. The van der Waals surface area contributed by atoms with Crippen molar-refractivity contribution >= 4 is 28.9 Å². The van der Waals surface area contributed by atoms with Crippen LogP contribution in [0.5, 0.6) is 0 Å². The van der Waals surface area contributed by atoms with Gasteiger partial charge in [0, 0.05) is 38.9 Å². The fraction of sp³-hybridized carbons (Fsp3) is 0.440. The summed E-state index contributed by atoms with van der Waals surface area (Å²) in [6, 6.07) is 8.87. The summed E-state index contributed by atoms with van der Waals surface area (Å²) in [5.41, 5.74) is 1.62. The molecule has 0 aliphatic carbocycles. The van der Waals surface area contributed by atoms with Gasteiger partial charge in [-0.1, -0.05) is 19.9 Å². The average molecular weight is 470 g/mol. The number of nitrogens with one attached hydrogen (secondary N) is 1. The van der Waals surface area contributed by atoms with Gasteiger partial charge in [-0.2, -0.15) is 0 Å². The molecule has 2 aromatic heterocycles. The van der Waals surface area contributed by atoms with Crippen molar-refractivity contribution in [3.8, 4) is 0 Å². The van der Waals surface area contributed by atoms with Crippen LogP contribution in [0.2, 0.25) is 0 Å². The fourth-order valence-corrected chi connectivity index (χ4v) is 3.86. The monoisotopic (exact) mass is 469 g/mol. The van der Waals surface area contributed by atoms with Gasteiger partial charge in [0.1, 0.15) is 17.0 Å². The van der Waals surface area contributed by atoms with Crippen LogP contribution < -0.4 is 5.32 Å². The molecule has 0 saturated carbocycles. The van der Waals surface area contributed by atoms with E-state index < -0.39 is 11.7 Å². The number of methoxy groups -OCH3 is 1. The minimum atomic E-state index is -0.492. The molecule has 4 rings (SSSR count). The smallest absolute Gasteiger partial charge is 0.272 e. The summed E-state index contributed by atoms with van der Waals surface area (Å²) in [7, 11) is 1.62. The number of aromatic nitrogens is 3. The van der Waals surface area contributed by atoms with Crippen molar-refractivity contribution in [2.75, 3.05) is 32.1 Å². The van der Waals surface area contributed by atoms with Crippen LogP contribution in [0.25, 0.3) is 11.2 Å². The predicted octanol–water partition coefficient (Wildman–Crippen LogP) is 4.51. The summed E-state index contributed by atoms with van der Waals surface area (Å²) < 4.78 is 20.4. The Kier molecular flexibility index (Phi) is 9.09. The molecule has 182 valence electrons. The number of halogens is 1. The highest BCUT2D eigenvalue weighted by Crippen LogP contribution is 2.21. The zero-order valence-corrected chi connectivity index (χ0v) is 20.0. The highest BCUT2D eigenvalue weighted by atomic mass is 19.1. The first-order valence-corrected chi connectivity index (χ1v) is 11.8. The minimum Gasteiger partial charge on any atom is -0.385 e. The molecule has 8 nitrogen and oxygen atoms in total. The summed E-state index contributed by atoms with van der Waals surface area (Å²) >= 11 is 0. The van der Waals surface area contributed by atoms with Gasteiger partial charge in [0.15, 0.2) is 5.65 Å². The second kappa shape index (κ2) is 12.2. The lowest BCUT2D eigenvalue weighted by Crippen LogP contribution is -2.36. The van der Waals surface area contributed by atoms with Crippen molar-refractivity contribution in [1.82, 2.24) is 19.4 Å². The second-order valence-corrected chi connectivity index (χ2v) is 7.79. The maximum absolute atomic E-state index is 13.5. The molecule has 0 unspecified atom stereocenters. The molecule has 3 heterocycles. The van der Waals surface area contributed by atoms with Gasteiger partial charge in [-0.3, -0.25) is 19.5 Å². The summed E-state index contributed by atoms with van der Waals surface area (Å²) in [6.45, 7) is 6.47. The zero-order valence-electron chi connectivity index (χ0n) is 20.0. The van der Waals surface area contributed by atoms with Crippen molar-refractivity contribution in [2.45, 2.75) is 46.1 Å². The van der Waals surface area contributed by atoms with E-state index in [0.29, 0.717) is 42.4 Å². The number of carbonyl (C=O) groups excluding carboxylic acids is 2. The summed E-state index contributed by atoms with van der Waals surface area (Å²) in [6.07, 6.45) is 3.80. The molecule has 1 N–H and O–H groups in total. The summed E-state index contributed by atoms with van der Waals surface area (Å²) in [5.74, 6) is -0.770. The Balaban J connectivity index is 0.00000158. The van der Waals surface area contributed by atoms with Gasteiger partial charge in [-0.25, -0.2) is 14.4 Å². The van der Waals surface area contributed by atoms with Crippen molar-refractivity contribution in [3.63, 3.8) is 0 Å². The third kappa shape index (κ3) is 5.96. The van der Waals surface area contributed by atoms with Crippen LogP contribution >= 0.6 is 0 Å². The molecule has 1 aliphatic rings. The van der Waals surface area contributed by atoms with Gasteiger partial charge >= 0.3 is 0 Å². The zero-order chi connectivity index (χ0) is 24.5. The lowest BCUT2D eigenvalue weighted by Gasteiger charge is -2.26. The summed E-state index contributed by atoms with van der Waals surface area (Å²) in [4.78, 5) is 36.5. The van der Waals surface area contributed by atoms with Crippen LogP contribution in [0.15, 0.2) is 36.4 Å². The summed E-state index contributed by atoms with van der Waals surface area (Å²) in [5, 5.41) is 2.75. The van der Waals surface area contributed by atoms with Crippen LogP contribution in [0.4, 0.5) is 10.3 Å². The first-order chi connectivity index (χ1) is 16.6. The number of ether oxygens (including phenoxy) is 1. The quantitative estimate of drug-likeness (QED) is 0.514. The van der Waals surface area contributed by atoms with Crippen LogP contribution in [-0.4, -0.2) is 58.1 Å². The molecule has 0 radical (unpaired) electrons. The number of amides is 2. The molecule has 34 heavy (non-hydrogen) atoms. The maximum atomic E-state index is 13.5. The van der Waals surface area contributed by atoms with Gasteiger partial charge in [0.2, 0.25) is 5.95 Å². The van der Waals surface area contributed by atoms with Crippen molar-refractivity contribution < 1.29 is 18.7 Å². The van der Waals surface area contributed by atoms with E-state index >= 15 is 0 Å². The van der Waals surface area contributed by atoms with E-state index in [1.54, 1.807) is 23.8 Å². The Morgan fingerprint density at radius 3 is 2.56 bits per heavy atom. The highest BCUT2D eigenvalue weighted by Gasteiger charge is 2.22. The first-order valence-electron chi connectivity index (χ1n) is 11.8. The Morgan fingerprint density at radius 1 is 1.09 bits per heavy atom. The van der Waals surface area contributed by atoms with Crippen LogP contribution in [0, 0.1) is 5.82 Å². The fourth-order valence-electron chi connectivity index (χ4n) is 3.86. The Morgan fingerprint density at radius 2 is 1.85 bits per heavy atom. The van der Waals surface area contributed by atoms with Gasteiger partial charge in [0.05, 0.1) is 0 Å². The maximum Gasteiger partial charge on any atom is 0.272 e. The molecule has 0 bridgehead atoms. The lowest BCUT2D eigenvalue weighted by molar-refractivity contribution is 0.0718.